The van der Waals surface area contributed by atoms with Crippen LogP contribution in [-0.4, -0.2) is 28.7 Å². The molecule has 1 saturated heterocycles. The summed E-state index contributed by atoms with van der Waals surface area (Å²) < 4.78 is 0. The third kappa shape index (κ3) is 3.15. The van der Waals surface area contributed by atoms with Gasteiger partial charge in [0, 0.05) is 13.0 Å². The van der Waals surface area contributed by atoms with Gasteiger partial charge < -0.3 is 5.32 Å². The molecule has 30 heavy (non-hydrogen) atoms. The number of likely N-dealkylation sites (tertiary alicyclic amines) is 1. The van der Waals surface area contributed by atoms with Crippen LogP contribution in [0.4, 0.5) is 0 Å². The largest absolute Gasteiger partial charge is 0.350 e. The normalized spacial score (nSPS) is 27.4. The first-order valence-corrected chi connectivity index (χ1v) is 10.5. The third-order valence-corrected chi connectivity index (χ3v) is 6.70. The highest BCUT2D eigenvalue weighted by molar-refractivity contribution is 6.09. The summed E-state index contributed by atoms with van der Waals surface area (Å²) in [6.45, 7) is 0.362. The van der Waals surface area contributed by atoms with Gasteiger partial charge in [0.05, 0.1) is 11.8 Å². The number of carbonyl (C=O) groups is 3. The topological polar surface area (TPSA) is 66.5 Å². The molecule has 1 N–H and O–H groups in total. The van der Waals surface area contributed by atoms with Gasteiger partial charge in [-0.2, -0.15) is 0 Å². The molecule has 0 unspecified atom stereocenters. The zero-order valence-corrected chi connectivity index (χ0v) is 16.6. The highest BCUT2D eigenvalue weighted by Crippen LogP contribution is 2.52. The highest BCUT2D eigenvalue weighted by atomic mass is 16.2. The van der Waals surface area contributed by atoms with Gasteiger partial charge in [-0.3, -0.25) is 19.3 Å². The number of rotatable bonds is 6. The van der Waals surface area contributed by atoms with E-state index >= 15 is 0 Å². The van der Waals surface area contributed by atoms with Crippen LogP contribution >= 0.6 is 0 Å². The summed E-state index contributed by atoms with van der Waals surface area (Å²) in [4.78, 5) is 41.1. The Hall–Kier alpha value is -3.21. The molecule has 152 valence electrons. The van der Waals surface area contributed by atoms with E-state index in [-0.39, 0.29) is 41.4 Å². The fourth-order valence-corrected chi connectivity index (χ4v) is 5.27. The monoisotopic (exact) mass is 400 g/mol. The lowest BCUT2D eigenvalue weighted by Gasteiger charge is -2.27. The molecule has 1 heterocycles. The second-order valence-electron chi connectivity index (χ2n) is 8.46. The van der Waals surface area contributed by atoms with E-state index in [1.54, 1.807) is 0 Å². The van der Waals surface area contributed by atoms with Crippen LogP contribution in [0, 0.1) is 23.7 Å². The van der Waals surface area contributed by atoms with Crippen molar-refractivity contribution in [1.29, 1.82) is 0 Å². The minimum absolute atomic E-state index is 0.131. The quantitative estimate of drug-likeness (QED) is 0.599. The van der Waals surface area contributed by atoms with Gasteiger partial charge in [-0.15, -0.1) is 0 Å². The summed E-state index contributed by atoms with van der Waals surface area (Å²) in [6.07, 6.45) is 5.34. The van der Waals surface area contributed by atoms with Crippen LogP contribution < -0.4 is 5.32 Å². The van der Waals surface area contributed by atoms with Crippen LogP contribution in [0.5, 0.6) is 0 Å². The Labute approximate surface area is 175 Å². The number of hydrogen-bond acceptors (Lipinski definition) is 3. The van der Waals surface area contributed by atoms with Crippen molar-refractivity contribution in [2.45, 2.75) is 25.4 Å². The zero-order chi connectivity index (χ0) is 20.7. The van der Waals surface area contributed by atoms with Crippen molar-refractivity contribution in [3.63, 3.8) is 0 Å². The molecular formula is C25H24N2O3. The number of nitrogens with zero attached hydrogens (tertiary/aromatic N) is 1. The number of carbonyl (C=O) groups excluding carboxylic acids is 3. The molecule has 0 spiro atoms. The van der Waals surface area contributed by atoms with Gasteiger partial charge in [-0.1, -0.05) is 72.8 Å². The first-order valence-electron chi connectivity index (χ1n) is 10.5. The van der Waals surface area contributed by atoms with Crippen molar-refractivity contribution in [2.75, 3.05) is 0 Å². The Morgan fingerprint density at radius 3 is 1.97 bits per heavy atom. The fraction of sp³-hybridized carbons (Fsp3) is 0.320. The Bertz CT molecular complexity index is 972. The van der Waals surface area contributed by atoms with E-state index in [0.717, 1.165) is 17.5 Å². The maximum absolute atomic E-state index is 13.3. The summed E-state index contributed by atoms with van der Waals surface area (Å²) in [5.74, 6) is -0.988. The Morgan fingerprint density at radius 2 is 1.40 bits per heavy atom. The molecule has 3 aliphatic rings. The third-order valence-electron chi connectivity index (χ3n) is 6.70. The molecule has 2 aliphatic carbocycles. The first kappa shape index (κ1) is 18.8. The van der Waals surface area contributed by atoms with E-state index < -0.39 is 6.04 Å². The van der Waals surface area contributed by atoms with E-state index in [9.17, 15) is 14.4 Å². The van der Waals surface area contributed by atoms with Gasteiger partial charge >= 0.3 is 0 Å². The van der Waals surface area contributed by atoms with Gasteiger partial charge in [-0.25, -0.2) is 0 Å². The van der Waals surface area contributed by atoms with E-state index in [2.05, 4.69) is 17.5 Å². The molecule has 5 rings (SSSR count). The van der Waals surface area contributed by atoms with Gasteiger partial charge in [0.2, 0.25) is 17.7 Å². The van der Waals surface area contributed by atoms with E-state index in [4.69, 9.17) is 0 Å². The van der Waals surface area contributed by atoms with E-state index in [0.29, 0.717) is 13.0 Å². The molecule has 5 nitrogen and oxygen atoms in total. The summed E-state index contributed by atoms with van der Waals surface area (Å²) in [5, 5.41) is 2.94. The smallest absolute Gasteiger partial charge is 0.243 e. The van der Waals surface area contributed by atoms with Gasteiger partial charge in [0.25, 0.3) is 0 Å². The second kappa shape index (κ2) is 7.56. The number of hydrogen-bond donors (Lipinski definition) is 1. The maximum atomic E-state index is 13.3. The minimum atomic E-state index is -0.832. The Balaban J connectivity index is 1.40. The number of allylic oxidation sites excluding steroid dienone is 2. The van der Waals surface area contributed by atoms with Crippen molar-refractivity contribution >= 4 is 17.7 Å². The molecule has 0 radical (unpaired) electrons. The molecule has 0 aromatic heterocycles. The van der Waals surface area contributed by atoms with E-state index in [1.807, 2.05) is 60.7 Å². The maximum Gasteiger partial charge on any atom is 0.243 e. The molecule has 1 aliphatic heterocycles. The molecule has 2 aromatic rings. The molecule has 5 atom stereocenters. The standard InChI is InChI=1S/C25H24N2O3/c28-23(26-15-17-9-5-2-6-10-17)20(13-16-7-3-1-4-8-16)27-24(29)21-18-11-12-19(14-18)22(21)25(27)30/h1-12,18-22H,13-15H2,(H,26,28)/t18-,19-,20+,21-,22-/m0/s1. The zero-order valence-electron chi connectivity index (χ0n) is 16.6. The molecule has 2 fully saturated rings. The molecule has 1 saturated carbocycles. The lowest BCUT2D eigenvalue weighted by molar-refractivity contribution is -0.148. The first-order chi connectivity index (χ1) is 14.6. The van der Waals surface area contributed by atoms with Crippen LogP contribution in [-0.2, 0) is 27.3 Å². The van der Waals surface area contributed by atoms with Crippen LogP contribution in [0.25, 0.3) is 0 Å². The highest BCUT2D eigenvalue weighted by Gasteiger charge is 2.61. The number of benzene rings is 2. The SMILES string of the molecule is O=C(NCc1ccccc1)[C@@H](Cc1ccccc1)N1C(=O)[C@@H]2[C@@H](C1=O)[C@H]1C=C[C@H]2C1. The number of fused-ring (bicyclic) bond motifs is 5. The van der Waals surface area contributed by atoms with Gasteiger partial charge in [-0.05, 0) is 29.4 Å². The van der Waals surface area contributed by atoms with Gasteiger partial charge in [0.1, 0.15) is 6.04 Å². The lowest BCUT2D eigenvalue weighted by Crippen LogP contribution is -2.51. The van der Waals surface area contributed by atoms with Crippen molar-refractivity contribution < 1.29 is 14.4 Å². The molecule has 3 amide bonds. The predicted molar refractivity (Wildman–Crippen MR) is 112 cm³/mol. The minimum Gasteiger partial charge on any atom is -0.350 e. The number of imide groups is 1. The van der Waals surface area contributed by atoms with Crippen molar-refractivity contribution in [3.05, 3.63) is 83.9 Å². The summed E-state index contributed by atoms with van der Waals surface area (Å²) in [5.41, 5.74) is 1.90. The van der Waals surface area contributed by atoms with Crippen LogP contribution in [0.1, 0.15) is 17.5 Å². The summed E-state index contributed by atoms with van der Waals surface area (Å²) in [6, 6.07) is 18.4. The van der Waals surface area contributed by atoms with Crippen LogP contribution in [0.3, 0.4) is 0 Å². The molecular weight excluding hydrogens is 376 g/mol. The Morgan fingerprint density at radius 1 is 0.867 bits per heavy atom. The average Bonchev–Trinajstić information content (AvgIpc) is 3.46. The second-order valence-corrected chi connectivity index (χ2v) is 8.46. The molecule has 2 bridgehead atoms. The number of nitrogens with one attached hydrogen (secondary N) is 1. The van der Waals surface area contributed by atoms with E-state index in [1.165, 1.54) is 4.90 Å². The average molecular weight is 400 g/mol. The van der Waals surface area contributed by atoms with Crippen molar-refractivity contribution in [3.8, 4) is 0 Å². The van der Waals surface area contributed by atoms with Gasteiger partial charge in [0.15, 0.2) is 0 Å². The Kier molecular flexibility index (Phi) is 4.74. The summed E-state index contributed by atoms with van der Waals surface area (Å²) in [7, 11) is 0. The predicted octanol–water partition coefficient (Wildman–Crippen LogP) is 2.72. The van der Waals surface area contributed by atoms with Crippen LogP contribution in [0.15, 0.2) is 72.8 Å². The lowest BCUT2D eigenvalue weighted by atomic mass is 9.85. The number of amides is 3. The van der Waals surface area contributed by atoms with Crippen molar-refractivity contribution in [1.82, 2.24) is 10.2 Å². The molecule has 2 aromatic carbocycles. The summed E-state index contributed by atoms with van der Waals surface area (Å²) >= 11 is 0. The molecule has 5 heteroatoms. The fourth-order valence-electron chi connectivity index (χ4n) is 5.27. The van der Waals surface area contributed by atoms with Crippen LogP contribution in [0.2, 0.25) is 0 Å². The van der Waals surface area contributed by atoms with Crippen molar-refractivity contribution in [2.24, 2.45) is 23.7 Å².